The lowest BCUT2D eigenvalue weighted by atomic mass is 9.32. The quantitative estimate of drug-likeness (QED) is 0.0889. The summed E-state index contributed by atoms with van der Waals surface area (Å²) in [5.74, 6) is 1.95. The van der Waals surface area contributed by atoms with Crippen LogP contribution in [0.4, 0.5) is 0 Å². The zero-order chi connectivity index (χ0) is 48.8. The zero-order valence-corrected chi connectivity index (χ0v) is 42.8. The molecule has 0 bridgehead atoms. The van der Waals surface area contributed by atoms with E-state index in [2.05, 4.69) is 54.7 Å². The smallest absolute Gasteiger partial charge is 0.338 e. The first-order chi connectivity index (χ1) is 33.1. The van der Waals surface area contributed by atoms with Gasteiger partial charge in [-0.3, -0.25) is 0 Å². The third-order valence-electron chi connectivity index (χ3n) is 19.6. The molecule has 3 aromatic carbocycles. The molecule has 69 heavy (non-hydrogen) atoms. The SMILES string of the molecule is C=CCO[C@H]1CC[C@]2(C)[C@H]3CC[C@@H]4[C@H]5[C@H](C(=C)C)CC[C@]5(CCS[C@@H]5OC[C@H](OC(=O)c6ccccc6)[C@H](OC(=O)c6ccccc6)[C@H]5OC(=O)c5ccccc5)CC[C@@]4(C)[C@]3(C)CC[C@H]2C1(C)C. The van der Waals surface area contributed by atoms with Crippen LogP contribution in [0.3, 0.4) is 0 Å². The van der Waals surface area contributed by atoms with Gasteiger partial charge in [-0.15, -0.1) is 18.3 Å². The highest BCUT2D eigenvalue weighted by molar-refractivity contribution is 7.99. The standard InChI is InChI=1S/C60H76O8S/c1-9-36-64-48-29-30-57(6)46(56(48,4)5)28-31-59(8)47(57)26-25-44-49-43(39(2)3)27-32-60(49,34-33-58(44,59)7)35-37-69-55-51(68-54(63)42-23-17-12-18-24-42)50(67-53(62)41-21-15-11-16-22-41)45(38-65-55)66-52(61)40-19-13-10-14-20-40/h9-24,43-51,55H,1-2,25-38H2,3-8H3/t43-,44+,45-,46-,47+,48-,49+,50-,51+,55-,57-,58+,59+,60+/m0/s1. The van der Waals surface area contributed by atoms with Crippen molar-refractivity contribution in [2.75, 3.05) is 19.0 Å². The maximum Gasteiger partial charge on any atom is 0.338 e. The molecular weight excluding hydrogens is 881 g/mol. The molecule has 370 valence electrons. The summed E-state index contributed by atoms with van der Waals surface area (Å²) in [4.78, 5) is 41.5. The normalized spacial score (nSPS) is 37.7. The molecule has 5 saturated carbocycles. The second-order valence-electron chi connectivity index (χ2n) is 23.1. The Morgan fingerprint density at radius 3 is 1.87 bits per heavy atom. The van der Waals surface area contributed by atoms with E-state index in [4.69, 9.17) is 23.7 Å². The molecule has 0 amide bonds. The van der Waals surface area contributed by atoms with Gasteiger partial charge in [-0.1, -0.05) is 107 Å². The molecule has 9 rings (SSSR count). The van der Waals surface area contributed by atoms with Crippen LogP contribution in [0.1, 0.15) is 143 Å². The van der Waals surface area contributed by atoms with Crippen LogP contribution in [0, 0.1) is 56.7 Å². The van der Waals surface area contributed by atoms with Gasteiger partial charge >= 0.3 is 17.9 Å². The van der Waals surface area contributed by atoms with Crippen molar-refractivity contribution in [2.45, 2.75) is 142 Å². The number of hydrogen-bond acceptors (Lipinski definition) is 9. The predicted octanol–water partition coefficient (Wildman–Crippen LogP) is 13.4. The van der Waals surface area contributed by atoms with Gasteiger partial charge in [-0.2, -0.15) is 0 Å². The topological polar surface area (TPSA) is 97.4 Å². The molecule has 1 heterocycles. The van der Waals surface area contributed by atoms with Crippen molar-refractivity contribution in [3.05, 3.63) is 132 Å². The largest absolute Gasteiger partial charge is 0.452 e. The van der Waals surface area contributed by atoms with Crippen molar-refractivity contribution >= 4 is 29.7 Å². The molecule has 9 heteroatoms. The van der Waals surface area contributed by atoms with Crippen LogP contribution in [0.2, 0.25) is 0 Å². The van der Waals surface area contributed by atoms with Gasteiger partial charge in [0.15, 0.2) is 18.3 Å². The third-order valence-corrected chi connectivity index (χ3v) is 20.8. The van der Waals surface area contributed by atoms with E-state index in [1.54, 1.807) is 84.6 Å². The van der Waals surface area contributed by atoms with Gasteiger partial charge in [0, 0.05) is 0 Å². The van der Waals surface area contributed by atoms with Crippen molar-refractivity contribution in [1.82, 2.24) is 0 Å². The van der Waals surface area contributed by atoms with Crippen LogP contribution in [-0.2, 0) is 23.7 Å². The van der Waals surface area contributed by atoms with E-state index in [0.29, 0.717) is 52.9 Å². The molecule has 0 aromatic heterocycles. The summed E-state index contributed by atoms with van der Waals surface area (Å²) in [5.41, 5.74) is 2.69. The summed E-state index contributed by atoms with van der Waals surface area (Å²) < 4.78 is 31.9. The van der Waals surface area contributed by atoms with Gasteiger partial charge in [0.05, 0.1) is 36.0 Å². The van der Waals surface area contributed by atoms with E-state index in [9.17, 15) is 14.4 Å². The number of carbonyl (C=O) groups is 3. The van der Waals surface area contributed by atoms with Crippen LogP contribution in [0.5, 0.6) is 0 Å². The second kappa shape index (κ2) is 19.8. The Labute approximate surface area is 416 Å². The van der Waals surface area contributed by atoms with E-state index in [-0.39, 0.29) is 39.8 Å². The van der Waals surface area contributed by atoms with Crippen molar-refractivity contribution in [2.24, 2.45) is 56.7 Å². The highest BCUT2D eigenvalue weighted by atomic mass is 32.2. The van der Waals surface area contributed by atoms with E-state index >= 15 is 0 Å². The summed E-state index contributed by atoms with van der Waals surface area (Å²) in [6, 6.07) is 26.3. The van der Waals surface area contributed by atoms with Crippen LogP contribution < -0.4 is 0 Å². The van der Waals surface area contributed by atoms with Gasteiger partial charge in [-0.05, 0) is 176 Å². The molecule has 8 nitrogen and oxygen atoms in total. The van der Waals surface area contributed by atoms with Crippen LogP contribution in [0.25, 0.3) is 0 Å². The number of benzene rings is 3. The molecule has 3 aromatic rings. The monoisotopic (exact) mass is 957 g/mol. The van der Waals surface area contributed by atoms with Crippen LogP contribution in [-0.4, -0.2) is 66.7 Å². The Hall–Kier alpha value is -4.18. The average molecular weight is 957 g/mol. The van der Waals surface area contributed by atoms with Crippen molar-refractivity contribution in [3.8, 4) is 0 Å². The molecule has 1 aliphatic heterocycles. The first-order valence-electron chi connectivity index (χ1n) is 26.0. The summed E-state index contributed by atoms with van der Waals surface area (Å²) in [6.45, 7) is 24.6. The molecule has 0 radical (unpaired) electrons. The Bertz CT molecular complexity index is 2340. The Morgan fingerprint density at radius 2 is 1.28 bits per heavy atom. The van der Waals surface area contributed by atoms with Crippen molar-refractivity contribution in [1.29, 1.82) is 0 Å². The van der Waals surface area contributed by atoms with Crippen molar-refractivity contribution < 1.29 is 38.1 Å². The third kappa shape index (κ3) is 8.98. The van der Waals surface area contributed by atoms with Crippen LogP contribution >= 0.6 is 11.8 Å². The van der Waals surface area contributed by atoms with E-state index in [0.717, 1.165) is 18.6 Å². The van der Waals surface area contributed by atoms with E-state index in [1.807, 2.05) is 24.3 Å². The zero-order valence-electron chi connectivity index (χ0n) is 42.0. The maximum atomic E-state index is 14.0. The molecule has 14 atom stereocenters. The fourth-order valence-corrected chi connectivity index (χ4v) is 17.4. The minimum absolute atomic E-state index is 0.0342. The van der Waals surface area contributed by atoms with Crippen LogP contribution in [0.15, 0.2) is 116 Å². The summed E-state index contributed by atoms with van der Waals surface area (Å²) >= 11 is 1.63. The lowest BCUT2D eigenvalue weighted by molar-refractivity contribution is -0.250. The highest BCUT2D eigenvalue weighted by Gasteiger charge is 2.71. The molecular formula is C60H76O8S. The van der Waals surface area contributed by atoms with Gasteiger partial charge in [0.1, 0.15) is 5.44 Å². The van der Waals surface area contributed by atoms with E-state index < -0.39 is 41.7 Å². The number of carbonyl (C=O) groups excluding carboxylic acids is 3. The minimum Gasteiger partial charge on any atom is -0.452 e. The molecule has 0 spiro atoms. The van der Waals surface area contributed by atoms with Gasteiger partial charge in [0.25, 0.3) is 0 Å². The Morgan fingerprint density at radius 1 is 0.681 bits per heavy atom. The molecule has 5 aliphatic carbocycles. The first-order valence-corrected chi connectivity index (χ1v) is 27.0. The lowest BCUT2D eigenvalue weighted by Gasteiger charge is -2.73. The maximum absolute atomic E-state index is 14.0. The molecule has 6 aliphatic rings. The van der Waals surface area contributed by atoms with Crippen molar-refractivity contribution in [3.63, 3.8) is 0 Å². The fourth-order valence-electron chi connectivity index (χ4n) is 16.1. The molecule has 1 saturated heterocycles. The number of allylic oxidation sites excluding steroid dienone is 1. The first kappa shape index (κ1) is 49.8. The number of ether oxygens (including phenoxy) is 5. The summed E-state index contributed by atoms with van der Waals surface area (Å²) in [6.07, 6.45) is 12.1. The summed E-state index contributed by atoms with van der Waals surface area (Å²) in [5, 5.41) is 0. The molecule has 6 fully saturated rings. The number of hydrogen-bond donors (Lipinski definition) is 0. The minimum atomic E-state index is -1.14. The highest BCUT2D eigenvalue weighted by Crippen LogP contribution is 2.78. The Kier molecular flexibility index (Phi) is 14.3. The van der Waals surface area contributed by atoms with Gasteiger partial charge < -0.3 is 23.7 Å². The molecule has 0 unspecified atom stereocenters. The van der Waals surface area contributed by atoms with Gasteiger partial charge in [0.2, 0.25) is 0 Å². The lowest BCUT2D eigenvalue weighted by Crippen LogP contribution is -2.66. The number of fused-ring (bicyclic) bond motifs is 7. The fraction of sp³-hybridized carbons (Fsp3) is 0.583. The number of rotatable bonds is 14. The number of thioether (sulfide) groups is 1. The van der Waals surface area contributed by atoms with Gasteiger partial charge in [-0.25, -0.2) is 14.4 Å². The number of esters is 3. The second-order valence-corrected chi connectivity index (χ2v) is 24.3. The average Bonchev–Trinajstić information content (AvgIpc) is 3.73. The Balaban J connectivity index is 0.974. The van der Waals surface area contributed by atoms with E-state index in [1.165, 1.54) is 63.4 Å². The summed E-state index contributed by atoms with van der Waals surface area (Å²) in [7, 11) is 0. The molecule has 0 N–H and O–H groups in total. The predicted molar refractivity (Wildman–Crippen MR) is 273 cm³/mol.